The monoisotopic (exact) mass is 305 g/mol. The first-order valence-electron chi connectivity index (χ1n) is 6.81. The Kier molecular flexibility index (Phi) is 4.93. The van der Waals surface area contributed by atoms with Crippen LogP contribution in [-0.4, -0.2) is 20.8 Å². The van der Waals surface area contributed by atoms with Crippen LogP contribution in [-0.2, 0) is 10.0 Å². The second kappa shape index (κ2) is 6.69. The largest absolute Gasteiger partial charge is 0.388 e. The number of hydrogen-bond donors (Lipinski definition) is 3. The van der Waals surface area contributed by atoms with Crippen molar-refractivity contribution in [1.82, 2.24) is 4.72 Å². The van der Waals surface area contributed by atoms with Crippen molar-refractivity contribution in [3.63, 3.8) is 0 Å². The van der Waals surface area contributed by atoms with Crippen molar-refractivity contribution in [3.8, 4) is 0 Å². The topological polar surface area (TPSA) is 96.0 Å². The Bertz CT molecular complexity index is 736. The molecule has 5 nitrogen and oxygen atoms in total. The molecule has 0 amide bonds. The van der Waals surface area contributed by atoms with Gasteiger partial charge < -0.3 is 5.73 Å². The van der Waals surface area contributed by atoms with Crippen molar-refractivity contribution in [2.24, 2.45) is 5.73 Å². The second-order valence-electron chi connectivity index (χ2n) is 4.86. The van der Waals surface area contributed by atoms with E-state index in [4.69, 9.17) is 11.1 Å². The van der Waals surface area contributed by atoms with Crippen LogP contribution in [0, 0.1) is 5.41 Å². The van der Waals surface area contributed by atoms with Crippen molar-refractivity contribution in [2.45, 2.75) is 24.2 Å². The Labute approximate surface area is 124 Å². The van der Waals surface area contributed by atoms with Gasteiger partial charge in [0.25, 0.3) is 0 Å². The van der Waals surface area contributed by atoms with Gasteiger partial charge in [-0.15, -0.1) is 0 Å². The minimum absolute atomic E-state index is 0.131. The number of unbranched alkanes of at least 4 members (excludes halogenated alkanes) is 1. The molecular formula is C15H19N3O2S. The van der Waals surface area contributed by atoms with Crippen LogP contribution in [0.15, 0.2) is 47.4 Å². The molecular weight excluding hydrogens is 286 g/mol. The van der Waals surface area contributed by atoms with Crippen LogP contribution in [0.5, 0.6) is 0 Å². The fourth-order valence-electron chi connectivity index (χ4n) is 2.15. The van der Waals surface area contributed by atoms with Crippen LogP contribution < -0.4 is 10.5 Å². The van der Waals surface area contributed by atoms with Crippen molar-refractivity contribution in [1.29, 1.82) is 5.41 Å². The molecule has 2 aromatic carbocycles. The molecule has 4 N–H and O–H groups in total. The van der Waals surface area contributed by atoms with E-state index < -0.39 is 10.0 Å². The van der Waals surface area contributed by atoms with Crippen LogP contribution in [0.3, 0.4) is 0 Å². The molecule has 21 heavy (non-hydrogen) atoms. The number of fused-ring (bicyclic) bond motifs is 1. The lowest BCUT2D eigenvalue weighted by atomic mass is 10.1. The molecule has 0 saturated heterocycles. The van der Waals surface area contributed by atoms with Gasteiger partial charge in [-0.05, 0) is 24.3 Å². The summed E-state index contributed by atoms with van der Waals surface area (Å²) in [5, 5.41) is 8.74. The molecule has 0 aliphatic rings. The zero-order chi connectivity index (χ0) is 15.3. The molecule has 0 atom stereocenters. The third kappa shape index (κ3) is 4.03. The Balaban J connectivity index is 2.10. The molecule has 0 heterocycles. The first-order valence-corrected chi connectivity index (χ1v) is 8.29. The van der Waals surface area contributed by atoms with Crippen molar-refractivity contribution in [2.75, 3.05) is 6.54 Å². The molecule has 0 aromatic heterocycles. The van der Waals surface area contributed by atoms with Gasteiger partial charge in [-0.2, -0.15) is 0 Å². The molecule has 0 saturated carbocycles. The van der Waals surface area contributed by atoms with Crippen LogP contribution in [0.4, 0.5) is 0 Å². The van der Waals surface area contributed by atoms with Crippen LogP contribution in [0.1, 0.15) is 19.3 Å². The molecule has 2 rings (SSSR count). The SMILES string of the molecule is N=C(N)CCCCNS(=O)(=O)c1cccc2ccccc12. The van der Waals surface area contributed by atoms with Gasteiger partial charge in [-0.1, -0.05) is 36.4 Å². The number of amidine groups is 1. The molecule has 0 radical (unpaired) electrons. The summed E-state index contributed by atoms with van der Waals surface area (Å²) in [5.74, 6) is 0.131. The molecule has 2 aromatic rings. The van der Waals surface area contributed by atoms with Gasteiger partial charge in [-0.3, -0.25) is 5.41 Å². The van der Waals surface area contributed by atoms with Gasteiger partial charge in [0.1, 0.15) is 0 Å². The van der Waals surface area contributed by atoms with E-state index >= 15 is 0 Å². The highest BCUT2D eigenvalue weighted by atomic mass is 32.2. The standard InChI is InChI=1S/C15H19N3O2S/c16-15(17)10-3-4-11-18-21(19,20)14-9-5-7-12-6-1-2-8-13(12)14/h1-2,5-9,18H,3-4,10-11H2,(H3,16,17). The highest BCUT2D eigenvalue weighted by Crippen LogP contribution is 2.22. The average Bonchev–Trinajstić information content (AvgIpc) is 2.46. The summed E-state index contributed by atoms with van der Waals surface area (Å²) in [6.45, 7) is 0.346. The van der Waals surface area contributed by atoms with Gasteiger partial charge >= 0.3 is 0 Å². The predicted molar refractivity (Wildman–Crippen MR) is 84.9 cm³/mol. The molecule has 0 aliphatic heterocycles. The Hall–Kier alpha value is -1.92. The van der Waals surface area contributed by atoms with E-state index in [0.717, 1.165) is 10.8 Å². The number of nitrogens with two attached hydrogens (primary N) is 1. The first kappa shape index (κ1) is 15.5. The summed E-state index contributed by atoms with van der Waals surface area (Å²) in [4.78, 5) is 0.298. The lowest BCUT2D eigenvalue weighted by Gasteiger charge is -2.09. The fourth-order valence-corrected chi connectivity index (χ4v) is 3.46. The predicted octanol–water partition coefficient (Wildman–Crippen LogP) is 2.22. The van der Waals surface area contributed by atoms with Gasteiger partial charge in [0.15, 0.2) is 0 Å². The highest BCUT2D eigenvalue weighted by molar-refractivity contribution is 7.89. The van der Waals surface area contributed by atoms with Gasteiger partial charge in [0.2, 0.25) is 10.0 Å². The maximum absolute atomic E-state index is 12.4. The zero-order valence-electron chi connectivity index (χ0n) is 11.7. The van der Waals surface area contributed by atoms with Gasteiger partial charge in [0.05, 0.1) is 10.7 Å². The molecule has 112 valence electrons. The molecule has 0 fully saturated rings. The quantitative estimate of drug-likeness (QED) is 0.416. The van der Waals surface area contributed by atoms with Crippen molar-refractivity contribution < 1.29 is 8.42 Å². The summed E-state index contributed by atoms with van der Waals surface area (Å²) in [6, 6.07) is 12.6. The number of rotatable bonds is 7. The smallest absolute Gasteiger partial charge is 0.241 e. The van der Waals surface area contributed by atoms with Crippen LogP contribution >= 0.6 is 0 Å². The maximum atomic E-state index is 12.4. The van der Waals surface area contributed by atoms with Crippen LogP contribution in [0.25, 0.3) is 10.8 Å². The summed E-state index contributed by atoms with van der Waals surface area (Å²) in [7, 11) is -3.52. The number of sulfonamides is 1. The van der Waals surface area contributed by atoms with Gasteiger partial charge in [0, 0.05) is 18.4 Å². The minimum Gasteiger partial charge on any atom is -0.388 e. The molecule has 0 spiro atoms. The Morgan fingerprint density at radius 2 is 1.81 bits per heavy atom. The average molecular weight is 305 g/mol. The molecule has 6 heteroatoms. The minimum atomic E-state index is -3.52. The van der Waals surface area contributed by atoms with Crippen LogP contribution in [0.2, 0.25) is 0 Å². The lowest BCUT2D eigenvalue weighted by molar-refractivity contribution is 0.578. The fraction of sp³-hybridized carbons (Fsp3) is 0.267. The summed E-state index contributed by atoms with van der Waals surface area (Å²) in [5.41, 5.74) is 5.26. The maximum Gasteiger partial charge on any atom is 0.241 e. The lowest BCUT2D eigenvalue weighted by Crippen LogP contribution is -2.25. The van der Waals surface area contributed by atoms with Crippen molar-refractivity contribution in [3.05, 3.63) is 42.5 Å². The number of hydrogen-bond acceptors (Lipinski definition) is 3. The van der Waals surface area contributed by atoms with E-state index in [1.165, 1.54) is 0 Å². The van der Waals surface area contributed by atoms with Crippen molar-refractivity contribution >= 4 is 26.6 Å². The van der Waals surface area contributed by atoms with Gasteiger partial charge in [-0.25, -0.2) is 13.1 Å². The third-order valence-corrected chi connectivity index (χ3v) is 4.72. The summed E-state index contributed by atoms with van der Waals surface area (Å²) >= 11 is 0. The highest BCUT2D eigenvalue weighted by Gasteiger charge is 2.16. The summed E-state index contributed by atoms with van der Waals surface area (Å²) < 4.78 is 27.3. The molecule has 0 aliphatic carbocycles. The summed E-state index contributed by atoms with van der Waals surface area (Å²) in [6.07, 6.45) is 1.85. The normalized spacial score (nSPS) is 11.6. The van der Waals surface area contributed by atoms with E-state index in [0.29, 0.717) is 30.7 Å². The van der Waals surface area contributed by atoms with E-state index in [1.54, 1.807) is 18.2 Å². The molecule has 0 unspecified atom stereocenters. The Morgan fingerprint density at radius 3 is 2.57 bits per heavy atom. The Morgan fingerprint density at radius 1 is 1.10 bits per heavy atom. The zero-order valence-corrected chi connectivity index (χ0v) is 12.5. The molecule has 0 bridgehead atoms. The van der Waals surface area contributed by atoms with E-state index in [2.05, 4.69) is 4.72 Å². The third-order valence-electron chi connectivity index (χ3n) is 3.20. The van der Waals surface area contributed by atoms with E-state index in [9.17, 15) is 8.42 Å². The number of nitrogens with one attached hydrogen (secondary N) is 2. The van der Waals surface area contributed by atoms with E-state index in [-0.39, 0.29) is 5.84 Å². The number of benzene rings is 2. The second-order valence-corrected chi connectivity index (χ2v) is 6.59. The first-order chi connectivity index (χ1) is 10.0. The van der Waals surface area contributed by atoms with E-state index in [1.807, 2.05) is 24.3 Å².